The molecule has 1 aliphatic heterocycles. The number of nitrogens with zero attached hydrogens (tertiary/aromatic N) is 2. The molecule has 0 atom stereocenters. The van der Waals surface area contributed by atoms with E-state index in [9.17, 15) is 0 Å². The Balaban J connectivity index is 1.08. The van der Waals surface area contributed by atoms with Gasteiger partial charge in [0.25, 0.3) is 0 Å². The molecule has 0 bridgehead atoms. The number of aliphatic imine (C=N–C) groups is 1. The molecule has 0 spiro atoms. The molecule has 1 heterocycles. The van der Waals surface area contributed by atoms with Crippen molar-refractivity contribution in [3.8, 4) is 44.5 Å². The first-order valence-corrected chi connectivity index (χ1v) is 21.1. The van der Waals surface area contributed by atoms with Crippen molar-refractivity contribution in [2.45, 2.75) is 32.1 Å². The first-order chi connectivity index (χ1) is 29.5. The number of hydrogen-bond acceptors (Lipinski definition) is 2. The van der Waals surface area contributed by atoms with Crippen LogP contribution in [0.25, 0.3) is 55.3 Å². The maximum absolute atomic E-state index is 5.13. The Morgan fingerprint density at radius 3 is 1.93 bits per heavy atom. The molecule has 0 radical (unpaired) electrons. The average Bonchev–Trinajstić information content (AvgIpc) is 3.97. The number of benzene rings is 9. The first kappa shape index (κ1) is 34.7. The minimum Gasteiger partial charge on any atom is -0.310 e. The molecular formula is C58H42N2. The lowest BCUT2D eigenvalue weighted by Crippen LogP contribution is -2.17. The van der Waals surface area contributed by atoms with Crippen molar-refractivity contribution >= 4 is 39.2 Å². The minimum absolute atomic E-state index is 0.137. The third kappa shape index (κ3) is 5.44. The lowest BCUT2D eigenvalue weighted by molar-refractivity contribution is 0.660. The van der Waals surface area contributed by atoms with E-state index in [-0.39, 0.29) is 5.41 Å². The second-order valence-electron chi connectivity index (χ2n) is 17.1. The lowest BCUT2D eigenvalue weighted by atomic mass is 9.82. The Morgan fingerprint density at radius 2 is 1.10 bits per heavy atom. The summed E-state index contributed by atoms with van der Waals surface area (Å²) in [6, 6.07) is 71.9. The van der Waals surface area contributed by atoms with Crippen LogP contribution in [-0.2, 0) is 18.3 Å². The van der Waals surface area contributed by atoms with Gasteiger partial charge in [-0.1, -0.05) is 159 Å². The third-order valence-electron chi connectivity index (χ3n) is 13.3. The Morgan fingerprint density at radius 1 is 0.433 bits per heavy atom. The topological polar surface area (TPSA) is 15.6 Å². The van der Waals surface area contributed by atoms with Crippen LogP contribution in [0.3, 0.4) is 0 Å². The lowest BCUT2D eigenvalue weighted by Gasteiger charge is -2.30. The maximum atomic E-state index is 5.13. The number of fused-ring (bicyclic) bond motifs is 9. The van der Waals surface area contributed by atoms with E-state index >= 15 is 0 Å². The molecule has 0 amide bonds. The van der Waals surface area contributed by atoms with Gasteiger partial charge < -0.3 is 4.90 Å². The second-order valence-corrected chi connectivity index (χ2v) is 17.1. The summed E-state index contributed by atoms with van der Waals surface area (Å²) in [5.41, 5.74) is 23.6. The van der Waals surface area contributed by atoms with E-state index in [4.69, 9.17) is 4.99 Å². The summed E-state index contributed by atoms with van der Waals surface area (Å²) in [5.74, 6) is 0. The van der Waals surface area contributed by atoms with Crippen LogP contribution >= 0.6 is 0 Å². The van der Waals surface area contributed by atoms with Crippen molar-refractivity contribution in [3.63, 3.8) is 0 Å². The molecule has 0 fully saturated rings. The Labute approximate surface area is 351 Å². The van der Waals surface area contributed by atoms with E-state index in [1.807, 2.05) is 0 Å². The van der Waals surface area contributed by atoms with E-state index in [2.05, 4.69) is 213 Å². The Bertz CT molecular complexity index is 3210. The summed E-state index contributed by atoms with van der Waals surface area (Å²) in [5, 5.41) is 2.63. The molecular weight excluding hydrogens is 725 g/mol. The van der Waals surface area contributed by atoms with Gasteiger partial charge in [-0.3, -0.25) is 4.99 Å². The highest BCUT2D eigenvalue weighted by molar-refractivity contribution is 6.07. The van der Waals surface area contributed by atoms with E-state index in [0.717, 1.165) is 41.3 Å². The van der Waals surface area contributed by atoms with Gasteiger partial charge in [-0.25, -0.2) is 0 Å². The molecule has 60 heavy (non-hydrogen) atoms. The van der Waals surface area contributed by atoms with Crippen LogP contribution in [0.1, 0.15) is 47.2 Å². The van der Waals surface area contributed by atoms with E-state index in [1.165, 1.54) is 88.7 Å². The Kier molecular flexibility index (Phi) is 7.74. The van der Waals surface area contributed by atoms with Gasteiger partial charge in [0.1, 0.15) is 0 Å². The van der Waals surface area contributed by atoms with Gasteiger partial charge in [0, 0.05) is 28.8 Å². The summed E-state index contributed by atoms with van der Waals surface area (Å²) < 4.78 is 0. The van der Waals surface area contributed by atoms with Crippen LogP contribution in [0.5, 0.6) is 0 Å². The molecule has 12 rings (SSSR count). The zero-order valence-electron chi connectivity index (χ0n) is 33.8. The quantitative estimate of drug-likeness (QED) is 0.165. The van der Waals surface area contributed by atoms with Gasteiger partial charge in [-0.2, -0.15) is 0 Å². The summed E-state index contributed by atoms with van der Waals surface area (Å²) in [4.78, 5) is 7.64. The van der Waals surface area contributed by atoms with Gasteiger partial charge in [0.15, 0.2) is 0 Å². The van der Waals surface area contributed by atoms with Gasteiger partial charge in [-0.05, 0) is 138 Å². The second kappa shape index (κ2) is 13.4. The van der Waals surface area contributed by atoms with Gasteiger partial charge >= 0.3 is 0 Å². The van der Waals surface area contributed by atoms with Gasteiger partial charge in [0.05, 0.1) is 17.1 Å². The standard InChI is InChI=1S/C58H42N2/c1-58(2)53-20-12-11-19-48(53)49-29-27-45(35-54(49)58)60(44-25-21-38(22-26-44)37-13-5-3-6-14-37)57-36-50-42(33-52-46-18-10-9-15-39(46)23-28-47(50)52)32-51(57)41-24-30-55-43(31-41)34-56(59-55)40-16-7-4-8-17-40/h3-32,35-36H,33-34H2,1-2H3. The normalized spacial score (nSPS) is 13.9. The van der Waals surface area contributed by atoms with E-state index in [0.29, 0.717) is 0 Å². The SMILES string of the molecule is CC1(C)c2ccccc2-c2ccc(N(c3ccc(-c4ccccc4)cc3)c3cc4c(cc3-c3ccc5c(c3)CC(c3ccccc3)=N5)Cc3c-4ccc4ccccc34)cc21. The highest BCUT2D eigenvalue weighted by Gasteiger charge is 2.36. The van der Waals surface area contributed by atoms with E-state index in [1.54, 1.807) is 0 Å². The largest absolute Gasteiger partial charge is 0.310 e. The molecule has 2 aliphatic carbocycles. The maximum Gasteiger partial charge on any atom is 0.0669 e. The fourth-order valence-corrected chi connectivity index (χ4v) is 10.3. The van der Waals surface area contributed by atoms with Crippen LogP contribution in [0.2, 0.25) is 0 Å². The summed E-state index contributed by atoms with van der Waals surface area (Å²) in [6.07, 6.45) is 1.72. The molecule has 3 aliphatic rings. The van der Waals surface area contributed by atoms with Crippen molar-refractivity contribution in [2.75, 3.05) is 4.90 Å². The summed E-state index contributed by atoms with van der Waals surface area (Å²) in [6.45, 7) is 4.75. The van der Waals surface area contributed by atoms with Crippen molar-refractivity contribution in [2.24, 2.45) is 4.99 Å². The van der Waals surface area contributed by atoms with Crippen molar-refractivity contribution in [1.29, 1.82) is 0 Å². The van der Waals surface area contributed by atoms with Crippen LogP contribution in [0.15, 0.2) is 199 Å². The highest BCUT2D eigenvalue weighted by Crippen LogP contribution is 2.53. The van der Waals surface area contributed by atoms with Gasteiger partial charge in [0.2, 0.25) is 0 Å². The summed E-state index contributed by atoms with van der Waals surface area (Å²) in [7, 11) is 0. The zero-order chi connectivity index (χ0) is 40.0. The van der Waals surface area contributed by atoms with Crippen LogP contribution < -0.4 is 4.90 Å². The molecule has 0 saturated heterocycles. The molecule has 2 nitrogen and oxygen atoms in total. The molecule has 0 unspecified atom stereocenters. The fraction of sp³-hybridized carbons (Fsp3) is 0.0862. The smallest absolute Gasteiger partial charge is 0.0669 e. The fourth-order valence-electron chi connectivity index (χ4n) is 10.3. The average molecular weight is 767 g/mol. The zero-order valence-corrected chi connectivity index (χ0v) is 33.8. The molecule has 9 aromatic carbocycles. The van der Waals surface area contributed by atoms with Crippen molar-refractivity contribution in [3.05, 3.63) is 228 Å². The van der Waals surface area contributed by atoms with E-state index < -0.39 is 0 Å². The van der Waals surface area contributed by atoms with Crippen molar-refractivity contribution < 1.29 is 0 Å². The molecule has 0 N–H and O–H groups in total. The van der Waals surface area contributed by atoms with Gasteiger partial charge in [-0.15, -0.1) is 0 Å². The van der Waals surface area contributed by atoms with Crippen LogP contribution in [0.4, 0.5) is 22.7 Å². The minimum atomic E-state index is -0.137. The first-order valence-electron chi connectivity index (χ1n) is 21.1. The number of rotatable bonds is 6. The highest BCUT2D eigenvalue weighted by atomic mass is 15.1. The molecule has 2 heteroatoms. The number of hydrogen-bond donors (Lipinski definition) is 0. The molecule has 0 aromatic heterocycles. The predicted octanol–water partition coefficient (Wildman–Crippen LogP) is 15.2. The molecule has 284 valence electrons. The monoisotopic (exact) mass is 766 g/mol. The number of anilines is 3. The summed E-state index contributed by atoms with van der Waals surface area (Å²) >= 11 is 0. The third-order valence-corrected chi connectivity index (χ3v) is 13.3. The molecule has 0 saturated carbocycles. The van der Waals surface area contributed by atoms with Crippen LogP contribution in [0, 0.1) is 0 Å². The Hall–Kier alpha value is -7.29. The predicted molar refractivity (Wildman–Crippen MR) is 252 cm³/mol. The molecule has 9 aromatic rings. The van der Waals surface area contributed by atoms with Crippen molar-refractivity contribution in [1.82, 2.24) is 0 Å². The van der Waals surface area contributed by atoms with Crippen LogP contribution in [-0.4, -0.2) is 5.71 Å².